The summed E-state index contributed by atoms with van der Waals surface area (Å²) in [5.74, 6) is 0.782. The van der Waals surface area contributed by atoms with E-state index in [0.717, 1.165) is 19.5 Å². The number of piperidine rings is 1. The quantitative estimate of drug-likeness (QED) is 0.614. The van der Waals surface area contributed by atoms with Gasteiger partial charge in [-0.15, -0.1) is 0 Å². The van der Waals surface area contributed by atoms with E-state index in [-0.39, 0.29) is 12.5 Å². The first-order valence-electron chi connectivity index (χ1n) is 6.00. The van der Waals surface area contributed by atoms with Crippen LogP contribution in [-0.4, -0.2) is 50.1 Å². The average Bonchev–Trinajstić information content (AvgIpc) is 2.31. The smallest absolute Gasteiger partial charge is 0.321 e. The number of likely N-dealkylation sites (tertiary alicyclic amines) is 1. The number of carbonyl (C=O) groups excluding carboxylic acids is 2. The Morgan fingerprint density at radius 3 is 2.76 bits per heavy atom. The molecule has 2 atom stereocenters. The molecule has 0 aromatic heterocycles. The fourth-order valence-electron chi connectivity index (χ4n) is 2.11. The summed E-state index contributed by atoms with van der Waals surface area (Å²) in [6.07, 6.45) is 1.05. The number of nitrogens with one attached hydrogen (secondary N) is 2. The standard InChI is InChI=1S/C11H22N4O2/c1-8-3-4-15(6-9(8)5-12)7-10(16)14-11(17)13-2/h8-9H,3-7,12H2,1-2H3,(H2,13,14,16,17). The van der Waals surface area contributed by atoms with E-state index in [1.807, 2.05) is 0 Å². The molecule has 98 valence electrons. The molecule has 1 fully saturated rings. The third-order valence-electron chi connectivity index (χ3n) is 3.35. The molecule has 1 rings (SSSR count). The fourth-order valence-corrected chi connectivity index (χ4v) is 2.11. The SMILES string of the molecule is CNC(=O)NC(=O)CN1CCC(C)C(CN)C1. The summed E-state index contributed by atoms with van der Waals surface area (Å²) in [5.41, 5.74) is 5.70. The second-order valence-corrected chi connectivity index (χ2v) is 4.62. The highest BCUT2D eigenvalue weighted by molar-refractivity contribution is 5.95. The normalized spacial score (nSPS) is 25.4. The van der Waals surface area contributed by atoms with Crippen molar-refractivity contribution in [1.29, 1.82) is 0 Å². The number of hydrogen-bond donors (Lipinski definition) is 3. The predicted octanol–water partition coefficient (Wildman–Crippen LogP) is -0.641. The van der Waals surface area contributed by atoms with Gasteiger partial charge in [-0.2, -0.15) is 0 Å². The lowest BCUT2D eigenvalue weighted by Gasteiger charge is -2.36. The Morgan fingerprint density at radius 1 is 1.47 bits per heavy atom. The van der Waals surface area contributed by atoms with Crippen LogP contribution < -0.4 is 16.4 Å². The zero-order chi connectivity index (χ0) is 12.8. The Kier molecular flexibility index (Phi) is 5.37. The Labute approximate surface area is 102 Å². The number of hydrogen-bond acceptors (Lipinski definition) is 4. The summed E-state index contributed by atoms with van der Waals surface area (Å²) < 4.78 is 0. The lowest BCUT2D eigenvalue weighted by Crippen LogP contribution is -2.48. The van der Waals surface area contributed by atoms with E-state index in [4.69, 9.17) is 5.73 Å². The topological polar surface area (TPSA) is 87.5 Å². The van der Waals surface area contributed by atoms with Crippen LogP contribution in [0.25, 0.3) is 0 Å². The van der Waals surface area contributed by atoms with Crippen molar-refractivity contribution in [2.24, 2.45) is 17.6 Å². The van der Waals surface area contributed by atoms with Crippen molar-refractivity contribution in [2.75, 3.05) is 33.2 Å². The molecule has 0 bridgehead atoms. The molecule has 1 aliphatic rings. The van der Waals surface area contributed by atoms with E-state index >= 15 is 0 Å². The molecule has 1 aliphatic heterocycles. The minimum absolute atomic E-state index is 0.261. The van der Waals surface area contributed by atoms with Crippen LogP contribution >= 0.6 is 0 Å². The molecular weight excluding hydrogens is 220 g/mol. The molecule has 1 saturated heterocycles. The van der Waals surface area contributed by atoms with Crippen LogP contribution in [0.4, 0.5) is 4.79 Å². The van der Waals surface area contributed by atoms with Gasteiger partial charge in [0.15, 0.2) is 0 Å². The van der Waals surface area contributed by atoms with Gasteiger partial charge >= 0.3 is 6.03 Å². The van der Waals surface area contributed by atoms with E-state index in [1.165, 1.54) is 7.05 Å². The molecule has 0 saturated carbocycles. The Morgan fingerprint density at radius 2 is 2.18 bits per heavy atom. The maximum atomic E-state index is 11.5. The van der Waals surface area contributed by atoms with Crippen molar-refractivity contribution >= 4 is 11.9 Å². The maximum Gasteiger partial charge on any atom is 0.321 e. The van der Waals surface area contributed by atoms with E-state index in [0.29, 0.717) is 18.4 Å². The average molecular weight is 242 g/mol. The van der Waals surface area contributed by atoms with Gasteiger partial charge in [0, 0.05) is 13.6 Å². The van der Waals surface area contributed by atoms with Crippen molar-refractivity contribution < 1.29 is 9.59 Å². The largest absolute Gasteiger partial charge is 0.341 e. The highest BCUT2D eigenvalue weighted by Gasteiger charge is 2.26. The zero-order valence-electron chi connectivity index (χ0n) is 10.5. The first kappa shape index (κ1) is 13.9. The molecule has 6 nitrogen and oxygen atoms in total. The molecule has 3 amide bonds. The van der Waals surface area contributed by atoms with Crippen LogP contribution in [0.2, 0.25) is 0 Å². The predicted molar refractivity (Wildman–Crippen MR) is 65.4 cm³/mol. The van der Waals surface area contributed by atoms with Gasteiger partial charge in [0.05, 0.1) is 6.54 Å². The molecule has 0 aliphatic carbocycles. The number of amides is 3. The molecular formula is C11H22N4O2. The minimum Gasteiger partial charge on any atom is -0.341 e. The number of imide groups is 1. The molecule has 1 heterocycles. The van der Waals surface area contributed by atoms with Crippen molar-refractivity contribution in [3.8, 4) is 0 Å². The van der Waals surface area contributed by atoms with Crippen molar-refractivity contribution in [1.82, 2.24) is 15.5 Å². The molecule has 4 N–H and O–H groups in total. The third kappa shape index (κ3) is 4.32. The van der Waals surface area contributed by atoms with E-state index in [9.17, 15) is 9.59 Å². The fraction of sp³-hybridized carbons (Fsp3) is 0.818. The number of nitrogens with two attached hydrogens (primary N) is 1. The maximum absolute atomic E-state index is 11.5. The van der Waals surface area contributed by atoms with Gasteiger partial charge in [-0.3, -0.25) is 15.0 Å². The molecule has 0 radical (unpaired) electrons. The highest BCUT2D eigenvalue weighted by Crippen LogP contribution is 2.21. The Hall–Kier alpha value is -1.14. The molecule has 6 heteroatoms. The van der Waals surface area contributed by atoms with Crippen LogP contribution in [0.5, 0.6) is 0 Å². The first-order valence-corrected chi connectivity index (χ1v) is 6.00. The van der Waals surface area contributed by atoms with Crippen LogP contribution in [-0.2, 0) is 4.79 Å². The number of rotatable bonds is 3. The summed E-state index contributed by atoms with van der Waals surface area (Å²) in [6.45, 7) is 4.82. The second kappa shape index (κ2) is 6.56. The van der Waals surface area contributed by atoms with Crippen molar-refractivity contribution in [2.45, 2.75) is 13.3 Å². The van der Waals surface area contributed by atoms with Gasteiger partial charge in [-0.1, -0.05) is 6.92 Å². The number of carbonyl (C=O) groups is 2. The lowest BCUT2D eigenvalue weighted by molar-refractivity contribution is -0.121. The zero-order valence-corrected chi connectivity index (χ0v) is 10.5. The van der Waals surface area contributed by atoms with Gasteiger partial charge in [0.2, 0.25) is 5.91 Å². The Bertz CT molecular complexity index is 283. The summed E-state index contributed by atoms with van der Waals surface area (Å²) in [7, 11) is 1.48. The van der Waals surface area contributed by atoms with E-state index in [2.05, 4.69) is 22.5 Å². The molecule has 2 unspecified atom stereocenters. The van der Waals surface area contributed by atoms with Crippen LogP contribution in [0.15, 0.2) is 0 Å². The van der Waals surface area contributed by atoms with Crippen molar-refractivity contribution in [3.05, 3.63) is 0 Å². The first-order chi connectivity index (χ1) is 8.06. The van der Waals surface area contributed by atoms with Crippen LogP contribution in [0, 0.1) is 11.8 Å². The summed E-state index contributed by atoms with van der Waals surface area (Å²) in [4.78, 5) is 24.5. The van der Waals surface area contributed by atoms with Crippen molar-refractivity contribution in [3.63, 3.8) is 0 Å². The number of nitrogens with zero attached hydrogens (tertiary/aromatic N) is 1. The molecule has 0 aromatic carbocycles. The van der Waals surface area contributed by atoms with Gasteiger partial charge in [-0.05, 0) is 31.3 Å². The monoisotopic (exact) mass is 242 g/mol. The summed E-state index contributed by atoms with van der Waals surface area (Å²) >= 11 is 0. The molecule has 0 aromatic rings. The van der Waals surface area contributed by atoms with Crippen LogP contribution in [0.1, 0.15) is 13.3 Å². The van der Waals surface area contributed by atoms with E-state index < -0.39 is 6.03 Å². The van der Waals surface area contributed by atoms with Gasteiger partial charge in [0.25, 0.3) is 0 Å². The number of urea groups is 1. The highest BCUT2D eigenvalue weighted by atomic mass is 16.2. The minimum atomic E-state index is -0.462. The summed E-state index contributed by atoms with van der Waals surface area (Å²) in [6, 6.07) is -0.462. The lowest BCUT2D eigenvalue weighted by atomic mass is 9.87. The van der Waals surface area contributed by atoms with Crippen LogP contribution in [0.3, 0.4) is 0 Å². The molecule has 0 spiro atoms. The van der Waals surface area contributed by atoms with Gasteiger partial charge < -0.3 is 11.1 Å². The summed E-state index contributed by atoms with van der Waals surface area (Å²) in [5, 5.41) is 4.61. The van der Waals surface area contributed by atoms with Gasteiger partial charge in [-0.25, -0.2) is 4.79 Å². The second-order valence-electron chi connectivity index (χ2n) is 4.62. The Balaban J connectivity index is 2.37. The third-order valence-corrected chi connectivity index (χ3v) is 3.35. The molecule has 17 heavy (non-hydrogen) atoms. The van der Waals surface area contributed by atoms with E-state index in [1.54, 1.807) is 0 Å². The van der Waals surface area contributed by atoms with Gasteiger partial charge in [0.1, 0.15) is 0 Å².